The lowest BCUT2D eigenvalue weighted by Crippen LogP contribution is -2.30. The topological polar surface area (TPSA) is 237 Å². The summed E-state index contributed by atoms with van der Waals surface area (Å²) < 4.78 is 67.9. The third-order valence-electron chi connectivity index (χ3n) is 15.0. The Labute approximate surface area is 498 Å². The molecule has 17 nitrogen and oxygen atoms in total. The number of phosphoric ester groups is 2. The zero-order valence-electron chi connectivity index (χ0n) is 53.1. The summed E-state index contributed by atoms with van der Waals surface area (Å²) in [5.41, 5.74) is 0. The molecule has 0 fully saturated rings. The first kappa shape index (κ1) is 80.1. The quantitative estimate of drug-likeness (QED) is 0.0222. The highest BCUT2D eigenvalue weighted by Crippen LogP contribution is 2.45. The minimum atomic E-state index is -4.94. The molecule has 0 spiro atoms. The van der Waals surface area contributed by atoms with Gasteiger partial charge in [0.15, 0.2) is 12.2 Å². The van der Waals surface area contributed by atoms with E-state index in [1.54, 1.807) is 0 Å². The lowest BCUT2D eigenvalue weighted by molar-refractivity contribution is -0.161. The highest BCUT2D eigenvalue weighted by atomic mass is 31.2. The lowest BCUT2D eigenvalue weighted by atomic mass is 10.00. The largest absolute Gasteiger partial charge is 0.472 e. The van der Waals surface area contributed by atoms with Gasteiger partial charge in [0.05, 0.1) is 26.4 Å². The van der Waals surface area contributed by atoms with Gasteiger partial charge in [0.25, 0.3) is 0 Å². The molecule has 0 saturated heterocycles. The maximum absolute atomic E-state index is 13.0. The van der Waals surface area contributed by atoms with Gasteiger partial charge in [-0.3, -0.25) is 37.3 Å². The minimum absolute atomic E-state index is 0.101. The van der Waals surface area contributed by atoms with Gasteiger partial charge in [-0.15, -0.1) is 0 Å². The van der Waals surface area contributed by atoms with Gasteiger partial charge in [-0.2, -0.15) is 0 Å². The molecule has 0 aliphatic rings. The monoisotopic (exact) mass is 1210 g/mol. The van der Waals surface area contributed by atoms with Crippen molar-refractivity contribution in [3.63, 3.8) is 0 Å². The number of rotatable bonds is 60. The Kier molecular flexibility index (Phi) is 52.0. The summed E-state index contributed by atoms with van der Waals surface area (Å²) in [6.45, 7) is 13.9. The van der Waals surface area contributed by atoms with Crippen LogP contribution in [0.15, 0.2) is 0 Å². The Morgan fingerprint density at radius 3 is 0.866 bits per heavy atom. The fourth-order valence-corrected chi connectivity index (χ4v) is 10.8. The van der Waals surface area contributed by atoms with Crippen LogP contribution in [-0.2, 0) is 65.4 Å². The van der Waals surface area contributed by atoms with Crippen molar-refractivity contribution in [2.24, 2.45) is 23.7 Å². The molecule has 0 rings (SSSR count). The number of unbranched alkanes of at least 4 members (excludes halogenated alkanes) is 24. The van der Waals surface area contributed by atoms with Crippen molar-refractivity contribution in [1.82, 2.24) is 0 Å². The molecule has 7 atom stereocenters. The van der Waals surface area contributed by atoms with Crippen molar-refractivity contribution in [3.05, 3.63) is 0 Å². The van der Waals surface area contributed by atoms with Crippen LogP contribution < -0.4 is 0 Å². The summed E-state index contributed by atoms with van der Waals surface area (Å²) in [7, 11) is -9.89. The number of esters is 4. The highest BCUT2D eigenvalue weighted by Gasteiger charge is 2.30. The summed E-state index contributed by atoms with van der Waals surface area (Å²) >= 11 is 0. The standard InChI is InChI=1S/C63H122O17P2/c1-9-55(7)41-33-25-18-21-28-36-44-61(66)74-50-59(80-63(68)46-38-30-22-19-26-34-42-56(8)10-2)52-78-82(71,72)76-48-57(64)47-75-81(69,70)77-51-58(49-73-60(65)43-35-27-20-17-24-32-40-54(5)6)79-62(67)45-37-29-16-14-12-11-13-15-23-31-39-53(3)4/h53-59,64H,9-52H2,1-8H3,(H,69,70)(H,71,72)/t55?,56?,57-,58-,59-/m1/s1. The first-order chi connectivity index (χ1) is 39.2. The molecule has 0 aromatic carbocycles. The van der Waals surface area contributed by atoms with Gasteiger partial charge in [-0.05, 0) is 49.4 Å². The van der Waals surface area contributed by atoms with Crippen molar-refractivity contribution < 1.29 is 80.2 Å². The van der Waals surface area contributed by atoms with Gasteiger partial charge in [-0.1, -0.05) is 248 Å². The maximum atomic E-state index is 13.0. The number of aliphatic hydroxyl groups is 1. The summed E-state index contributed by atoms with van der Waals surface area (Å²) in [4.78, 5) is 72.1. The first-order valence-electron chi connectivity index (χ1n) is 32.8. The van der Waals surface area contributed by atoms with Crippen LogP contribution in [0.5, 0.6) is 0 Å². The van der Waals surface area contributed by atoms with Crippen LogP contribution in [0, 0.1) is 23.7 Å². The molecule has 19 heteroatoms. The van der Waals surface area contributed by atoms with Gasteiger partial charge >= 0.3 is 39.5 Å². The maximum Gasteiger partial charge on any atom is 0.472 e. The number of phosphoric acid groups is 2. The second kappa shape index (κ2) is 53.3. The van der Waals surface area contributed by atoms with E-state index in [-0.39, 0.29) is 25.7 Å². The number of hydrogen-bond acceptors (Lipinski definition) is 15. The van der Waals surface area contributed by atoms with Crippen molar-refractivity contribution in [2.75, 3.05) is 39.6 Å². The fourth-order valence-electron chi connectivity index (χ4n) is 9.19. The van der Waals surface area contributed by atoms with Crippen LogP contribution in [-0.4, -0.2) is 96.7 Å². The van der Waals surface area contributed by atoms with Gasteiger partial charge < -0.3 is 33.8 Å². The Bertz CT molecular complexity index is 1650. The molecule has 0 aliphatic carbocycles. The van der Waals surface area contributed by atoms with Gasteiger partial charge in [0.2, 0.25) is 0 Å². The number of carbonyl (C=O) groups is 4. The third-order valence-corrected chi connectivity index (χ3v) is 16.9. The lowest BCUT2D eigenvalue weighted by Gasteiger charge is -2.21. The molecule has 0 aromatic heterocycles. The fraction of sp³-hybridized carbons (Fsp3) is 0.937. The van der Waals surface area contributed by atoms with Crippen LogP contribution in [0.2, 0.25) is 0 Å². The normalized spacial score (nSPS) is 15.1. The summed E-state index contributed by atoms with van der Waals surface area (Å²) in [6.07, 6.45) is 32.3. The number of aliphatic hydroxyl groups excluding tert-OH is 1. The smallest absolute Gasteiger partial charge is 0.462 e. The van der Waals surface area contributed by atoms with Crippen LogP contribution >= 0.6 is 15.6 Å². The van der Waals surface area contributed by atoms with E-state index in [9.17, 15) is 43.2 Å². The van der Waals surface area contributed by atoms with E-state index in [1.807, 2.05) is 0 Å². The highest BCUT2D eigenvalue weighted by molar-refractivity contribution is 7.47. The zero-order chi connectivity index (χ0) is 61.1. The average molecular weight is 1210 g/mol. The second-order valence-electron chi connectivity index (χ2n) is 24.2. The molecule has 4 unspecified atom stereocenters. The first-order valence-corrected chi connectivity index (χ1v) is 35.8. The van der Waals surface area contributed by atoms with E-state index < -0.39 is 97.5 Å². The Morgan fingerprint density at radius 2 is 0.585 bits per heavy atom. The third kappa shape index (κ3) is 54.7. The van der Waals surface area contributed by atoms with Crippen molar-refractivity contribution >= 4 is 39.5 Å². The predicted octanol–water partition coefficient (Wildman–Crippen LogP) is 17.0. The summed E-state index contributed by atoms with van der Waals surface area (Å²) in [6, 6.07) is 0. The van der Waals surface area contributed by atoms with E-state index in [4.69, 9.17) is 37.0 Å². The van der Waals surface area contributed by atoms with Crippen LogP contribution in [0.3, 0.4) is 0 Å². The molecule has 3 N–H and O–H groups in total. The van der Waals surface area contributed by atoms with Gasteiger partial charge in [0, 0.05) is 25.7 Å². The summed E-state index contributed by atoms with van der Waals surface area (Å²) in [5.74, 6) is 0.738. The molecule has 0 aliphatic heterocycles. The Morgan fingerprint density at radius 1 is 0.341 bits per heavy atom. The molecule has 0 heterocycles. The predicted molar refractivity (Wildman–Crippen MR) is 326 cm³/mol. The van der Waals surface area contributed by atoms with E-state index >= 15 is 0 Å². The van der Waals surface area contributed by atoms with E-state index in [0.29, 0.717) is 31.6 Å². The van der Waals surface area contributed by atoms with Gasteiger partial charge in [-0.25, -0.2) is 9.13 Å². The SMILES string of the molecule is CCC(C)CCCCCCCCC(=O)OC[C@H](COP(=O)(O)OC[C@H](O)COP(=O)(O)OC[C@@H](COC(=O)CCCCCCCCC(C)C)OC(=O)CCCCCCCCCCCCC(C)C)OC(=O)CCCCCCCCC(C)CC. The van der Waals surface area contributed by atoms with E-state index in [0.717, 1.165) is 120 Å². The molecule has 0 amide bonds. The summed E-state index contributed by atoms with van der Waals surface area (Å²) in [5, 5.41) is 10.5. The number of carbonyl (C=O) groups excluding carboxylic acids is 4. The van der Waals surface area contributed by atoms with Crippen LogP contribution in [0.4, 0.5) is 0 Å². The Balaban J connectivity index is 5.26. The number of hydrogen-bond donors (Lipinski definition) is 3. The molecule has 0 saturated carbocycles. The average Bonchev–Trinajstić information content (AvgIpc) is 3.45. The molecule has 0 aromatic rings. The Hall–Kier alpha value is -1.94. The molecule has 82 heavy (non-hydrogen) atoms. The van der Waals surface area contributed by atoms with Crippen LogP contribution in [0.1, 0.15) is 299 Å². The molecule has 486 valence electrons. The molecular weight excluding hydrogens is 1090 g/mol. The molecular formula is C63H122O17P2. The van der Waals surface area contributed by atoms with Crippen molar-refractivity contribution in [1.29, 1.82) is 0 Å². The van der Waals surface area contributed by atoms with E-state index in [2.05, 4.69) is 55.4 Å². The van der Waals surface area contributed by atoms with E-state index in [1.165, 1.54) is 89.9 Å². The van der Waals surface area contributed by atoms with Crippen molar-refractivity contribution in [3.8, 4) is 0 Å². The minimum Gasteiger partial charge on any atom is -0.462 e. The zero-order valence-corrected chi connectivity index (χ0v) is 54.9. The second-order valence-corrected chi connectivity index (χ2v) is 27.1. The molecule has 0 bridgehead atoms. The van der Waals surface area contributed by atoms with Crippen LogP contribution in [0.25, 0.3) is 0 Å². The van der Waals surface area contributed by atoms with Crippen molar-refractivity contribution in [2.45, 2.75) is 318 Å². The number of ether oxygens (including phenoxy) is 4. The molecule has 0 radical (unpaired) electrons. The van der Waals surface area contributed by atoms with Gasteiger partial charge in [0.1, 0.15) is 19.3 Å².